The number of pyridine rings is 1. The van der Waals surface area contributed by atoms with Gasteiger partial charge in [-0.15, -0.1) is 5.10 Å². The van der Waals surface area contributed by atoms with E-state index in [1.807, 2.05) is 97.1 Å². The van der Waals surface area contributed by atoms with Crippen LogP contribution in [0, 0.1) is 5.92 Å². The molecule has 45 heavy (non-hydrogen) atoms. The second kappa shape index (κ2) is 12.5. The minimum Gasteiger partial charge on any atom is -0.444 e. The fraction of sp³-hybridized carbons (Fsp3) is 0.500. The second-order valence-corrected chi connectivity index (χ2v) is 14.1. The van der Waals surface area contributed by atoms with E-state index in [0.717, 1.165) is 40.7 Å². The Hall–Kier alpha value is -4.41. The van der Waals surface area contributed by atoms with Crippen LogP contribution in [-0.4, -0.2) is 73.5 Å². The molecule has 3 heterocycles. The predicted molar refractivity (Wildman–Crippen MR) is 174 cm³/mol. The molecule has 1 amide bonds. The molecule has 0 saturated heterocycles. The van der Waals surface area contributed by atoms with Gasteiger partial charge in [-0.3, -0.25) is 4.98 Å². The van der Waals surface area contributed by atoms with Crippen LogP contribution in [0.25, 0.3) is 22.2 Å². The Labute approximate surface area is 265 Å². The molecule has 1 fully saturated rings. The molecule has 0 bridgehead atoms. The van der Waals surface area contributed by atoms with Gasteiger partial charge in [-0.2, -0.15) is 0 Å². The number of ether oxygens (including phenoxy) is 2. The largest absolute Gasteiger partial charge is 0.444 e. The third-order valence-corrected chi connectivity index (χ3v) is 7.65. The van der Waals surface area contributed by atoms with Crippen LogP contribution in [-0.2, 0) is 22.6 Å². The van der Waals surface area contributed by atoms with Crippen molar-refractivity contribution in [1.82, 2.24) is 29.4 Å². The number of aromatic nitrogens is 5. The molecule has 11 nitrogen and oxygen atoms in total. The Morgan fingerprint density at radius 3 is 2.36 bits per heavy atom. The number of amides is 1. The molecule has 11 heteroatoms. The number of nitrogens with zero attached hydrogens (tertiary/aromatic N) is 7. The van der Waals surface area contributed by atoms with Gasteiger partial charge < -0.3 is 19.3 Å². The molecule has 0 aliphatic heterocycles. The molecule has 1 aliphatic rings. The number of carbonyl (C=O) groups excluding carboxylic acids is 2. The third kappa shape index (κ3) is 8.01. The Balaban J connectivity index is 1.47. The van der Waals surface area contributed by atoms with E-state index in [-0.39, 0.29) is 12.6 Å². The van der Waals surface area contributed by atoms with Gasteiger partial charge in [-0.05, 0) is 84.1 Å². The summed E-state index contributed by atoms with van der Waals surface area (Å²) in [6.07, 6.45) is 7.92. The van der Waals surface area contributed by atoms with E-state index < -0.39 is 17.3 Å². The van der Waals surface area contributed by atoms with Crippen molar-refractivity contribution in [3.8, 4) is 11.3 Å². The Morgan fingerprint density at radius 2 is 1.71 bits per heavy atom. The predicted octanol–water partition coefficient (Wildman–Crippen LogP) is 6.73. The lowest BCUT2D eigenvalue weighted by Crippen LogP contribution is -2.41. The van der Waals surface area contributed by atoms with Crippen LogP contribution in [0.15, 0.2) is 48.9 Å². The van der Waals surface area contributed by atoms with Gasteiger partial charge in [0, 0.05) is 43.5 Å². The molecule has 4 aromatic rings. The third-order valence-electron chi connectivity index (χ3n) is 7.65. The first kappa shape index (κ1) is 32.0. The minimum absolute atomic E-state index is 0.223. The summed E-state index contributed by atoms with van der Waals surface area (Å²) in [6, 6.07) is 9.96. The van der Waals surface area contributed by atoms with Crippen molar-refractivity contribution in [3.05, 3.63) is 60.2 Å². The highest BCUT2D eigenvalue weighted by molar-refractivity contribution is 5.91. The van der Waals surface area contributed by atoms with Gasteiger partial charge in [0.25, 0.3) is 0 Å². The molecule has 0 radical (unpaired) electrons. The van der Waals surface area contributed by atoms with E-state index in [2.05, 4.69) is 15.3 Å². The quantitative estimate of drug-likeness (QED) is 0.215. The van der Waals surface area contributed by atoms with Crippen molar-refractivity contribution in [2.45, 2.75) is 85.1 Å². The number of hydrogen-bond acceptors (Lipinski definition) is 8. The number of carbonyl (C=O) groups is 2. The van der Waals surface area contributed by atoms with E-state index in [0.29, 0.717) is 30.2 Å². The fourth-order valence-corrected chi connectivity index (χ4v) is 5.26. The summed E-state index contributed by atoms with van der Waals surface area (Å²) in [7, 11) is 3.94. The first-order valence-electron chi connectivity index (χ1n) is 15.5. The lowest BCUT2D eigenvalue weighted by Gasteiger charge is -2.33. The average Bonchev–Trinajstić information content (AvgIpc) is 3.52. The van der Waals surface area contributed by atoms with Crippen LogP contribution >= 0.6 is 0 Å². The van der Waals surface area contributed by atoms with Gasteiger partial charge in [0.05, 0.1) is 36.7 Å². The Morgan fingerprint density at radius 1 is 0.978 bits per heavy atom. The highest BCUT2D eigenvalue weighted by atomic mass is 16.6. The first-order valence-corrected chi connectivity index (χ1v) is 15.5. The molecule has 0 unspecified atom stereocenters. The van der Waals surface area contributed by atoms with E-state index in [9.17, 15) is 9.59 Å². The smallest absolute Gasteiger partial charge is 0.419 e. The zero-order valence-electron chi connectivity index (χ0n) is 27.7. The van der Waals surface area contributed by atoms with Crippen molar-refractivity contribution < 1.29 is 19.1 Å². The lowest BCUT2D eigenvalue weighted by molar-refractivity contribution is 0.0163. The average molecular weight is 616 g/mol. The van der Waals surface area contributed by atoms with Crippen molar-refractivity contribution in [3.63, 3.8) is 0 Å². The van der Waals surface area contributed by atoms with Gasteiger partial charge in [0.1, 0.15) is 16.9 Å². The van der Waals surface area contributed by atoms with Gasteiger partial charge in [-0.25, -0.2) is 18.8 Å². The lowest BCUT2D eigenvalue weighted by atomic mass is 9.85. The number of fused-ring (bicyclic) bond motifs is 1. The molecule has 5 rings (SSSR count). The van der Waals surface area contributed by atoms with Crippen molar-refractivity contribution in [2.75, 3.05) is 25.5 Å². The minimum atomic E-state index is -0.699. The number of rotatable bonds is 8. The summed E-state index contributed by atoms with van der Waals surface area (Å²) in [5, 5.41) is 9.60. The summed E-state index contributed by atoms with van der Waals surface area (Å²) in [5.74, 6) is 0.428. The molecule has 1 saturated carbocycles. The Bertz CT molecular complexity index is 1670. The van der Waals surface area contributed by atoms with Gasteiger partial charge in [0.15, 0.2) is 0 Å². The second-order valence-electron chi connectivity index (χ2n) is 14.1. The van der Waals surface area contributed by atoms with Gasteiger partial charge >= 0.3 is 12.2 Å². The maximum absolute atomic E-state index is 13.7. The van der Waals surface area contributed by atoms with E-state index in [1.165, 1.54) is 6.42 Å². The molecule has 3 aromatic heterocycles. The Kier molecular flexibility index (Phi) is 8.91. The molecule has 1 aromatic carbocycles. The molecule has 0 atom stereocenters. The maximum Gasteiger partial charge on any atom is 0.419 e. The molecule has 0 N–H and O–H groups in total. The van der Waals surface area contributed by atoms with Crippen LogP contribution in [0.2, 0.25) is 0 Å². The summed E-state index contributed by atoms with van der Waals surface area (Å²) in [6.45, 7) is 12.4. The maximum atomic E-state index is 13.7. The zero-order valence-corrected chi connectivity index (χ0v) is 27.7. The molecule has 0 spiro atoms. The monoisotopic (exact) mass is 615 g/mol. The van der Waals surface area contributed by atoms with Crippen molar-refractivity contribution in [1.29, 1.82) is 0 Å². The van der Waals surface area contributed by atoms with Crippen LogP contribution in [0.1, 0.15) is 72.1 Å². The van der Waals surface area contributed by atoms with Gasteiger partial charge in [-0.1, -0.05) is 23.8 Å². The van der Waals surface area contributed by atoms with Crippen LogP contribution in [0.4, 0.5) is 15.3 Å². The summed E-state index contributed by atoms with van der Waals surface area (Å²) in [4.78, 5) is 35.1. The van der Waals surface area contributed by atoms with Crippen LogP contribution < -0.4 is 4.90 Å². The first-order chi connectivity index (χ1) is 21.1. The topological polar surface area (TPSA) is 108 Å². The molecular weight excluding hydrogens is 570 g/mol. The van der Waals surface area contributed by atoms with E-state index in [4.69, 9.17) is 9.47 Å². The standard InChI is InChI=1S/C34H45N7O4/c1-33(2,3)44-31(42)39(19-23-10-9-11-23)21-28-15-25-13-12-24(14-30(25)41(28)32(43)45-34(4,5)6)20-40-22-29(36-37-40)26-16-27(38(7)8)18-35-17-26/h12-18,22-23H,9-11,19-21H2,1-8H3. The molecule has 1 aliphatic carbocycles. The fourth-order valence-electron chi connectivity index (χ4n) is 5.26. The SMILES string of the molecule is CN(C)c1cncc(-c2cn(Cc3ccc4cc(CN(CC5CCC5)C(=O)OC(C)(C)C)n(C(=O)OC(C)(C)C)c4c3)nn2)c1. The molecular formula is C34H45N7O4. The summed E-state index contributed by atoms with van der Waals surface area (Å²) < 4.78 is 15.0. The summed E-state index contributed by atoms with van der Waals surface area (Å²) in [5.41, 5.74) is 3.55. The highest BCUT2D eigenvalue weighted by Crippen LogP contribution is 2.30. The number of hydrogen-bond donors (Lipinski definition) is 0. The number of anilines is 1. The summed E-state index contributed by atoms with van der Waals surface area (Å²) >= 11 is 0. The van der Waals surface area contributed by atoms with E-state index in [1.54, 1.807) is 26.5 Å². The zero-order chi connectivity index (χ0) is 32.5. The highest BCUT2D eigenvalue weighted by Gasteiger charge is 2.30. The normalized spacial score (nSPS) is 13.9. The van der Waals surface area contributed by atoms with Crippen molar-refractivity contribution in [2.24, 2.45) is 5.92 Å². The van der Waals surface area contributed by atoms with Crippen LogP contribution in [0.5, 0.6) is 0 Å². The van der Waals surface area contributed by atoms with Crippen molar-refractivity contribution >= 4 is 28.8 Å². The van der Waals surface area contributed by atoms with Crippen LogP contribution in [0.3, 0.4) is 0 Å². The van der Waals surface area contributed by atoms with E-state index >= 15 is 0 Å². The number of benzene rings is 1. The molecule has 240 valence electrons. The van der Waals surface area contributed by atoms with Gasteiger partial charge in [0.2, 0.25) is 0 Å².